The molecule has 0 aliphatic carbocycles. The van der Waals surface area contributed by atoms with Crippen molar-refractivity contribution in [1.82, 2.24) is 4.90 Å². The van der Waals surface area contributed by atoms with Crippen LogP contribution in [0.1, 0.15) is 54.6 Å². The molecule has 0 saturated carbocycles. The van der Waals surface area contributed by atoms with Gasteiger partial charge in [-0.15, -0.1) is 0 Å². The van der Waals surface area contributed by atoms with E-state index in [1.54, 1.807) is 6.07 Å². The maximum atomic E-state index is 11.0. The van der Waals surface area contributed by atoms with Crippen LogP contribution >= 0.6 is 0 Å². The zero-order valence-corrected chi connectivity index (χ0v) is 10.9. The first-order chi connectivity index (χ1) is 8.72. The fourth-order valence-corrected chi connectivity index (χ4v) is 2.71. The van der Waals surface area contributed by atoms with Gasteiger partial charge in [0.25, 0.3) is 0 Å². The van der Waals surface area contributed by atoms with Crippen LogP contribution in [0, 0.1) is 0 Å². The summed E-state index contributed by atoms with van der Waals surface area (Å²) >= 11 is 0. The molecule has 1 unspecified atom stereocenters. The second-order valence-electron chi connectivity index (χ2n) is 4.98. The van der Waals surface area contributed by atoms with E-state index in [0.29, 0.717) is 11.6 Å². The third kappa shape index (κ3) is 2.91. The number of hydrogen-bond acceptors (Lipinski definition) is 2. The lowest BCUT2D eigenvalue weighted by Crippen LogP contribution is -2.24. The molecule has 2 rings (SSSR count). The van der Waals surface area contributed by atoms with E-state index in [0.717, 1.165) is 25.1 Å². The van der Waals surface area contributed by atoms with Gasteiger partial charge in [-0.25, -0.2) is 4.79 Å². The molecule has 1 N–H and O–H groups in total. The number of benzene rings is 1. The highest BCUT2D eigenvalue weighted by Crippen LogP contribution is 2.32. The lowest BCUT2D eigenvalue weighted by Gasteiger charge is -2.24. The first kappa shape index (κ1) is 13.1. The highest BCUT2D eigenvalue weighted by molar-refractivity contribution is 5.87. The third-order valence-electron chi connectivity index (χ3n) is 3.68. The molecule has 1 atom stereocenters. The van der Waals surface area contributed by atoms with Gasteiger partial charge in [0, 0.05) is 6.04 Å². The average Bonchev–Trinajstić information content (AvgIpc) is 2.84. The predicted octanol–water partition coefficient (Wildman–Crippen LogP) is 3.32. The Balaban J connectivity index is 2.14. The normalized spacial score (nSPS) is 20.2. The summed E-state index contributed by atoms with van der Waals surface area (Å²) in [6.07, 6.45) is 4.78. The van der Waals surface area contributed by atoms with E-state index in [1.807, 2.05) is 12.1 Å². The van der Waals surface area contributed by atoms with Crippen LogP contribution in [-0.4, -0.2) is 29.1 Å². The maximum Gasteiger partial charge on any atom is 0.335 e. The van der Waals surface area contributed by atoms with Crippen LogP contribution < -0.4 is 0 Å². The van der Waals surface area contributed by atoms with Crippen LogP contribution in [0.3, 0.4) is 0 Å². The monoisotopic (exact) mass is 247 g/mol. The fraction of sp³-hybridized carbons (Fsp3) is 0.533. The number of aromatic carboxylic acids is 1. The summed E-state index contributed by atoms with van der Waals surface area (Å²) in [5, 5.41) is 9.05. The third-order valence-corrected chi connectivity index (χ3v) is 3.68. The molecular weight excluding hydrogens is 226 g/mol. The summed E-state index contributed by atoms with van der Waals surface area (Å²) in [7, 11) is 0. The van der Waals surface area contributed by atoms with Crippen LogP contribution in [0.25, 0.3) is 0 Å². The highest BCUT2D eigenvalue weighted by Gasteiger charge is 2.25. The van der Waals surface area contributed by atoms with Crippen LogP contribution in [0.4, 0.5) is 0 Å². The molecule has 0 aromatic heterocycles. The highest BCUT2D eigenvalue weighted by atomic mass is 16.4. The Kier molecular flexibility index (Phi) is 4.37. The molecule has 98 valence electrons. The molecule has 3 heteroatoms. The standard InChI is InChI=1S/C15H21NO2/c1-2-3-9-16-10-5-8-14(16)12-6-4-7-13(11-12)15(17)18/h4,6-7,11,14H,2-3,5,8-10H2,1H3,(H,17,18). The molecule has 0 radical (unpaired) electrons. The summed E-state index contributed by atoms with van der Waals surface area (Å²) in [5.41, 5.74) is 1.55. The van der Waals surface area contributed by atoms with Gasteiger partial charge in [0.1, 0.15) is 0 Å². The van der Waals surface area contributed by atoms with Crippen molar-refractivity contribution >= 4 is 5.97 Å². The SMILES string of the molecule is CCCCN1CCCC1c1cccc(C(=O)O)c1. The van der Waals surface area contributed by atoms with Gasteiger partial charge in [-0.1, -0.05) is 25.5 Å². The molecule has 0 bridgehead atoms. The number of likely N-dealkylation sites (tertiary alicyclic amines) is 1. The van der Waals surface area contributed by atoms with E-state index >= 15 is 0 Å². The number of carbonyl (C=O) groups is 1. The number of carboxylic acid groups (broad SMARTS) is 1. The first-order valence-corrected chi connectivity index (χ1v) is 6.79. The summed E-state index contributed by atoms with van der Waals surface area (Å²) < 4.78 is 0. The van der Waals surface area contributed by atoms with Crippen molar-refractivity contribution in [3.8, 4) is 0 Å². The number of rotatable bonds is 5. The van der Waals surface area contributed by atoms with Crippen molar-refractivity contribution in [2.75, 3.05) is 13.1 Å². The molecule has 1 aromatic rings. The fourth-order valence-electron chi connectivity index (χ4n) is 2.71. The van der Waals surface area contributed by atoms with Gasteiger partial charge in [0.2, 0.25) is 0 Å². The molecule has 1 fully saturated rings. The van der Waals surface area contributed by atoms with E-state index in [2.05, 4.69) is 17.9 Å². The van der Waals surface area contributed by atoms with E-state index in [9.17, 15) is 4.79 Å². The topological polar surface area (TPSA) is 40.5 Å². The van der Waals surface area contributed by atoms with Gasteiger partial charge in [0.15, 0.2) is 0 Å². The van der Waals surface area contributed by atoms with Crippen molar-refractivity contribution in [1.29, 1.82) is 0 Å². The van der Waals surface area contributed by atoms with Crippen molar-refractivity contribution < 1.29 is 9.90 Å². The van der Waals surface area contributed by atoms with Gasteiger partial charge < -0.3 is 5.11 Å². The zero-order chi connectivity index (χ0) is 13.0. The molecule has 1 saturated heterocycles. The Bertz CT molecular complexity index is 417. The number of carboxylic acids is 1. The van der Waals surface area contributed by atoms with Crippen molar-refractivity contribution in [3.63, 3.8) is 0 Å². The maximum absolute atomic E-state index is 11.0. The molecule has 3 nitrogen and oxygen atoms in total. The summed E-state index contributed by atoms with van der Waals surface area (Å²) in [4.78, 5) is 13.5. The van der Waals surface area contributed by atoms with Gasteiger partial charge in [-0.05, 0) is 50.0 Å². The molecule has 1 heterocycles. The van der Waals surface area contributed by atoms with Gasteiger partial charge in [-0.3, -0.25) is 4.90 Å². The molecule has 1 aromatic carbocycles. The Morgan fingerprint density at radius 2 is 2.33 bits per heavy atom. The molecule has 1 aliphatic rings. The van der Waals surface area contributed by atoms with E-state index in [4.69, 9.17) is 5.11 Å². The largest absolute Gasteiger partial charge is 0.478 e. The second-order valence-corrected chi connectivity index (χ2v) is 4.98. The smallest absolute Gasteiger partial charge is 0.335 e. The molecule has 0 spiro atoms. The Morgan fingerprint density at radius 3 is 3.06 bits per heavy atom. The second kappa shape index (κ2) is 6.01. The lowest BCUT2D eigenvalue weighted by molar-refractivity contribution is 0.0696. The molecule has 0 amide bonds. The molecular formula is C15H21NO2. The van der Waals surface area contributed by atoms with Crippen molar-refractivity contribution in [3.05, 3.63) is 35.4 Å². The summed E-state index contributed by atoms with van der Waals surface area (Å²) in [5.74, 6) is -0.838. The Morgan fingerprint density at radius 1 is 1.50 bits per heavy atom. The number of nitrogens with zero attached hydrogens (tertiary/aromatic N) is 1. The van der Waals surface area contributed by atoms with Crippen LogP contribution in [0.2, 0.25) is 0 Å². The van der Waals surface area contributed by atoms with E-state index < -0.39 is 5.97 Å². The van der Waals surface area contributed by atoms with Crippen LogP contribution in [0.15, 0.2) is 24.3 Å². The summed E-state index contributed by atoms with van der Waals surface area (Å²) in [6, 6.07) is 7.82. The van der Waals surface area contributed by atoms with Crippen molar-refractivity contribution in [2.24, 2.45) is 0 Å². The minimum atomic E-state index is -0.838. The minimum absolute atomic E-state index is 0.398. The average molecular weight is 247 g/mol. The number of unbranched alkanes of at least 4 members (excludes halogenated alkanes) is 1. The van der Waals surface area contributed by atoms with Gasteiger partial charge in [0.05, 0.1) is 5.56 Å². The molecule has 18 heavy (non-hydrogen) atoms. The zero-order valence-electron chi connectivity index (χ0n) is 10.9. The van der Waals surface area contributed by atoms with Crippen LogP contribution in [-0.2, 0) is 0 Å². The summed E-state index contributed by atoms with van der Waals surface area (Å²) in [6.45, 7) is 4.47. The lowest BCUT2D eigenvalue weighted by atomic mass is 10.0. The predicted molar refractivity (Wildman–Crippen MR) is 71.9 cm³/mol. The first-order valence-electron chi connectivity index (χ1n) is 6.79. The minimum Gasteiger partial charge on any atom is -0.478 e. The Hall–Kier alpha value is -1.35. The van der Waals surface area contributed by atoms with Gasteiger partial charge >= 0.3 is 5.97 Å². The quantitative estimate of drug-likeness (QED) is 0.867. The number of hydrogen-bond donors (Lipinski definition) is 1. The Labute approximate surface area is 108 Å². The van der Waals surface area contributed by atoms with Crippen molar-refractivity contribution in [2.45, 2.75) is 38.6 Å². The van der Waals surface area contributed by atoms with Crippen LogP contribution in [0.5, 0.6) is 0 Å². The van der Waals surface area contributed by atoms with Gasteiger partial charge in [-0.2, -0.15) is 0 Å². The van der Waals surface area contributed by atoms with E-state index in [1.165, 1.54) is 19.3 Å². The molecule has 1 aliphatic heterocycles. The van der Waals surface area contributed by atoms with E-state index in [-0.39, 0.29) is 0 Å².